The second kappa shape index (κ2) is 10.7. The number of nitrogen functional groups attached to an aromatic ring is 1. The summed E-state index contributed by atoms with van der Waals surface area (Å²) in [5.41, 5.74) is 6.65. The van der Waals surface area contributed by atoms with E-state index in [1.165, 1.54) is 10.1 Å². The normalized spacial score (nSPS) is 10.6. The zero-order chi connectivity index (χ0) is 20.5. The first kappa shape index (κ1) is 21.7. The minimum Gasteiger partial charge on any atom is -0.383 e. The van der Waals surface area contributed by atoms with Crippen LogP contribution in [0.4, 0.5) is 11.5 Å². The molecule has 8 heteroatoms. The van der Waals surface area contributed by atoms with E-state index >= 15 is 0 Å². The zero-order valence-corrected chi connectivity index (χ0v) is 17.3. The molecule has 2 rings (SSSR count). The Labute approximate surface area is 170 Å². The molecule has 0 aliphatic carbocycles. The topological polar surface area (TPSA) is 96.2 Å². The van der Waals surface area contributed by atoms with Gasteiger partial charge in [0.2, 0.25) is 0 Å². The molecular weight excluding hydrogens is 374 g/mol. The van der Waals surface area contributed by atoms with Crippen LogP contribution in [0, 0.1) is 0 Å². The van der Waals surface area contributed by atoms with Crippen molar-refractivity contribution in [1.82, 2.24) is 14.9 Å². The van der Waals surface area contributed by atoms with E-state index in [9.17, 15) is 9.59 Å². The smallest absolute Gasteiger partial charge is 0.330 e. The quantitative estimate of drug-likeness (QED) is 0.556. The second-order valence-corrected chi connectivity index (χ2v) is 7.00. The number of H-pyrrole nitrogens is 1. The third-order valence-corrected chi connectivity index (χ3v) is 4.81. The molecule has 0 bridgehead atoms. The molecule has 0 unspecified atom stereocenters. The van der Waals surface area contributed by atoms with Crippen LogP contribution < -0.4 is 27.2 Å². The Hall–Kier alpha value is -2.61. The van der Waals surface area contributed by atoms with Crippen LogP contribution in [0.5, 0.6) is 0 Å². The Morgan fingerprint density at radius 1 is 1.21 bits per heavy atom. The SMILES string of the molecule is CCCCn1c(N)c(N(CCC)C(=S)NCCc2ccccc2)c(=O)[nH]c1=O. The van der Waals surface area contributed by atoms with Crippen molar-refractivity contribution in [2.24, 2.45) is 0 Å². The number of hydrogen-bond donors (Lipinski definition) is 3. The molecule has 1 heterocycles. The van der Waals surface area contributed by atoms with Gasteiger partial charge in [0.25, 0.3) is 5.56 Å². The van der Waals surface area contributed by atoms with Gasteiger partial charge in [0.1, 0.15) is 5.82 Å². The van der Waals surface area contributed by atoms with E-state index in [2.05, 4.69) is 22.4 Å². The highest BCUT2D eigenvalue weighted by Crippen LogP contribution is 2.18. The molecule has 28 heavy (non-hydrogen) atoms. The first-order chi connectivity index (χ1) is 13.5. The summed E-state index contributed by atoms with van der Waals surface area (Å²) in [7, 11) is 0. The fourth-order valence-electron chi connectivity index (χ4n) is 2.97. The largest absolute Gasteiger partial charge is 0.383 e. The number of nitrogens with two attached hydrogens (primary N) is 1. The molecule has 0 fully saturated rings. The fourth-order valence-corrected chi connectivity index (χ4v) is 3.25. The van der Waals surface area contributed by atoms with Crippen molar-refractivity contribution in [2.75, 3.05) is 23.7 Å². The van der Waals surface area contributed by atoms with E-state index in [-0.39, 0.29) is 11.5 Å². The monoisotopic (exact) mass is 403 g/mol. The van der Waals surface area contributed by atoms with Gasteiger partial charge in [0, 0.05) is 19.6 Å². The maximum Gasteiger partial charge on any atom is 0.330 e. The molecule has 4 N–H and O–H groups in total. The summed E-state index contributed by atoms with van der Waals surface area (Å²) in [5.74, 6) is 0.155. The lowest BCUT2D eigenvalue weighted by Crippen LogP contribution is -2.46. The molecule has 0 saturated heterocycles. The van der Waals surface area contributed by atoms with E-state index in [0.29, 0.717) is 24.7 Å². The minimum atomic E-state index is -0.518. The first-order valence-electron chi connectivity index (χ1n) is 9.71. The Balaban J connectivity index is 2.23. The summed E-state index contributed by atoms with van der Waals surface area (Å²) < 4.78 is 1.41. The predicted octanol–water partition coefficient (Wildman–Crippen LogP) is 2.25. The van der Waals surface area contributed by atoms with Gasteiger partial charge in [0.05, 0.1) is 0 Å². The van der Waals surface area contributed by atoms with Gasteiger partial charge in [-0.25, -0.2) is 4.79 Å². The van der Waals surface area contributed by atoms with Gasteiger partial charge < -0.3 is 16.0 Å². The Kier molecular flexibility index (Phi) is 8.25. The van der Waals surface area contributed by atoms with E-state index < -0.39 is 11.2 Å². The number of unbranched alkanes of at least 4 members (excludes halogenated alkanes) is 1. The summed E-state index contributed by atoms with van der Waals surface area (Å²) in [5, 5.41) is 3.63. The van der Waals surface area contributed by atoms with Crippen molar-refractivity contribution < 1.29 is 0 Å². The number of thiocarbonyl (C=S) groups is 1. The van der Waals surface area contributed by atoms with Crippen LogP contribution in [0.2, 0.25) is 0 Å². The number of anilines is 2. The molecule has 2 aromatic rings. The second-order valence-electron chi connectivity index (χ2n) is 6.62. The van der Waals surface area contributed by atoms with Crippen LogP contribution in [0.1, 0.15) is 38.7 Å². The summed E-state index contributed by atoms with van der Waals surface area (Å²) in [6, 6.07) is 10.1. The first-order valence-corrected chi connectivity index (χ1v) is 10.1. The minimum absolute atomic E-state index is 0.155. The van der Waals surface area contributed by atoms with Gasteiger partial charge >= 0.3 is 5.69 Å². The standard InChI is InChI=1S/C20H29N5O2S/c1-3-5-14-25-17(21)16(18(26)23-19(25)27)24(13-4-2)20(28)22-12-11-15-9-7-6-8-10-15/h6-10H,3-5,11-14,21H2,1-2H3,(H,22,28)(H,23,26,27). The van der Waals surface area contributed by atoms with Gasteiger partial charge in [-0.2, -0.15) is 0 Å². The van der Waals surface area contributed by atoms with Crippen LogP contribution in [0.3, 0.4) is 0 Å². The highest BCUT2D eigenvalue weighted by Gasteiger charge is 2.21. The lowest BCUT2D eigenvalue weighted by molar-refractivity contribution is 0.604. The average molecular weight is 404 g/mol. The van der Waals surface area contributed by atoms with Crippen molar-refractivity contribution in [1.29, 1.82) is 0 Å². The number of hydrogen-bond acceptors (Lipinski definition) is 4. The molecule has 0 aliphatic heterocycles. The van der Waals surface area contributed by atoms with E-state index in [0.717, 1.165) is 25.7 Å². The van der Waals surface area contributed by atoms with Crippen LogP contribution in [0.25, 0.3) is 0 Å². The van der Waals surface area contributed by atoms with E-state index in [1.807, 2.05) is 32.0 Å². The molecule has 7 nitrogen and oxygen atoms in total. The summed E-state index contributed by atoms with van der Waals surface area (Å²) >= 11 is 5.54. The fraction of sp³-hybridized carbons (Fsp3) is 0.450. The van der Waals surface area contributed by atoms with E-state index in [1.54, 1.807) is 4.90 Å². The highest BCUT2D eigenvalue weighted by atomic mass is 32.1. The van der Waals surface area contributed by atoms with Gasteiger partial charge in [-0.05, 0) is 37.0 Å². The molecule has 0 amide bonds. The van der Waals surface area contributed by atoms with Gasteiger partial charge in [-0.15, -0.1) is 0 Å². The third kappa shape index (κ3) is 5.45. The van der Waals surface area contributed by atoms with E-state index in [4.69, 9.17) is 18.0 Å². The van der Waals surface area contributed by atoms with Crippen molar-refractivity contribution >= 4 is 28.8 Å². The predicted molar refractivity (Wildman–Crippen MR) is 119 cm³/mol. The van der Waals surface area contributed by atoms with Crippen LogP contribution >= 0.6 is 12.2 Å². The van der Waals surface area contributed by atoms with Gasteiger partial charge in [-0.3, -0.25) is 14.3 Å². The number of aromatic amines is 1. The van der Waals surface area contributed by atoms with Crippen molar-refractivity contribution in [3.05, 3.63) is 56.7 Å². The Morgan fingerprint density at radius 2 is 1.93 bits per heavy atom. The maximum atomic E-state index is 12.5. The molecule has 0 saturated carbocycles. The van der Waals surface area contributed by atoms with Gasteiger partial charge in [-0.1, -0.05) is 50.6 Å². The molecule has 0 aliphatic rings. The summed E-state index contributed by atoms with van der Waals surface area (Å²) in [4.78, 5) is 28.7. The molecule has 1 aromatic carbocycles. The molecule has 0 atom stereocenters. The van der Waals surface area contributed by atoms with Crippen molar-refractivity contribution in [2.45, 2.75) is 46.1 Å². The number of aromatic nitrogens is 2. The molecule has 0 spiro atoms. The van der Waals surface area contributed by atoms with Crippen LogP contribution in [0.15, 0.2) is 39.9 Å². The lowest BCUT2D eigenvalue weighted by atomic mass is 10.1. The Morgan fingerprint density at radius 3 is 2.57 bits per heavy atom. The van der Waals surface area contributed by atoms with Crippen LogP contribution in [-0.4, -0.2) is 27.8 Å². The Bertz CT molecular complexity index is 892. The van der Waals surface area contributed by atoms with Crippen molar-refractivity contribution in [3.63, 3.8) is 0 Å². The number of nitrogens with one attached hydrogen (secondary N) is 2. The molecule has 152 valence electrons. The molecule has 1 aromatic heterocycles. The van der Waals surface area contributed by atoms with Crippen LogP contribution in [-0.2, 0) is 13.0 Å². The zero-order valence-electron chi connectivity index (χ0n) is 16.5. The molecular formula is C20H29N5O2S. The number of benzene rings is 1. The number of nitrogens with zero attached hydrogens (tertiary/aromatic N) is 2. The summed E-state index contributed by atoms with van der Waals surface area (Å²) in [6.45, 7) is 5.64. The maximum absolute atomic E-state index is 12.5. The van der Waals surface area contributed by atoms with Crippen molar-refractivity contribution in [3.8, 4) is 0 Å². The van der Waals surface area contributed by atoms with Gasteiger partial charge in [0.15, 0.2) is 10.8 Å². The summed E-state index contributed by atoms with van der Waals surface area (Å²) in [6.07, 6.45) is 3.29. The number of rotatable bonds is 9. The highest BCUT2D eigenvalue weighted by molar-refractivity contribution is 7.80. The third-order valence-electron chi connectivity index (χ3n) is 4.44. The average Bonchev–Trinajstić information content (AvgIpc) is 2.67. The lowest BCUT2D eigenvalue weighted by Gasteiger charge is -2.26. The molecule has 0 radical (unpaired) electrons.